The molecule has 0 saturated heterocycles. The van der Waals surface area contributed by atoms with Gasteiger partial charge in [0.2, 0.25) is 0 Å². The monoisotopic (exact) mass is 269 g/mol. The van der Waals surface area contributed by atoms with Crippen molar-refractivity contribution in [1.29, 1.82) is 0 Å². The Hall–Kier alpha value is -1.55. The first-order chi connectivity index (χ1) is 8.58. The summed E-state index contributed by atoms with van der Waals surface area (Å²) in [6, 6.07) is 6.67. The molecule has 0 aromatic heterocycles. The molecule has 0 radical (unpaired) electrons. The van der Waals surface area contributed by atoms with Crippen molar-refractivity contribution in [3.63, 3.8) is 0 Å². The molecule has 1 amide bonds. The van der Waals surface area contributed by atoms with Crippen LogP contribution in [0.3, 0.4) is 0 Å². The van der Waals surface area contributed by atoms with Crippen LogP contribution in [0.5, 0.6) is 0 Å². The molecule has 0 atom stereocenters. The highest BCUT2D eigenvalue weighted by Gasteiger charge is 2.18. The van der Waals surface area contributed by atoms with Gasteiger partial charge in [0.05, 0.1) is 7.11 Å². The molecule has 0 saturated carbocycles. The number of esters is 1. The van der Waals surface area contributed by atoms with Gasteiger partial charge in [-0.15, -0.1) is 0 Å². The maximum atomic E-state index is 12.2. The standard InChI is InChI=1S/C13H16ClNO3/c1-3-7-15(9-12(16)18-2)13(17)10-5-4-6-11(14)8-10/h4-6,8H,3,7,9H2,1-2H3. The fraction of sp³-hybridized carbons (Fsp3) is 0.385. The Morgan fingerprint density at radius 1 is 1.39 bits per heavy atom. The first-order valence-corrected chi connectivity index (χ1v) is 6.08. The third-order valence-electron chi connectivity index (χ3n) is 2.40. The Balaban J connectivity index is 2.85. The van der Waals surface area contributed by atoms with Crippen LogP contribution >= 0.6 is 11.6 Å². The normalized spacial score (nSPS) is 9.94. The van der Waals surface area contributed by atoms with Gasteiger partial charge in [-0.05, 0) is 24.6 Å². The first kappa shape index (κ1) is 14.5. The SMILES string of the molecule is CCCN(CC(=O)OC)C(=O)c1cccc(Cl)c1. The van der Waals surface area contributed by atoms with E-state index in [1.54, 1.807) is 24.3 Å². The molecule has 1 aromatic carbocycles. The van der Waals surface area contributed by atoms with Crippen molar-refractivity contribution in [2.24, 2.45) is 0 Å². The van der Waals surface area contributed by atoms with Gasteiger partial charge >= 0.3 is 5.97 Å². The molecule has 1 aromatic rings. The van der Waals surface area contributed by atoms with Crippen molar-refractivity contribution < 1.29 is 14.3 Å². The van der Waals surface area contributed by atoms with Gasteiger partial charge in [0.25, 0.3) is 5.91 Å². The molecule has 0 aliphatic carbocycles. The van der Waals surface area contributed by atoms with Crippen LogP contribution in [-0.2, 0) is 9.53 Å². The Labute approximate surface area is 111 Å². The fourth-order valence-corrected chi connectivity index (χ4v) is 1.74. The van der Waals surface area contributed by atoms with E-state index in [1.165, 1.54) is 12.0 Å². The van der Waals surface area contributed by atoms with Gasteiger partial charge in [-0.1, -0.05) is 24.6 Å². The lowest BCUT2D eigenvalue weighted by Crippen LogP contribution is -2.36. The summed E-state index contributed by atoms with van der Waals surface area (Å²) in [7, 11) is 1.30. The van der Waals surface area contributed by atoms with Crippen molar-refractivity contribution in [2.45, 2.75) is 13.3 Å². The molecular formula is C13H16ClNO3. The lowest BCUT2D eigenvalue weighted by Gasteiger charge is -2.20. The van der Waals surface area contributed by atoms with Crippen LogP contribution in [0.25, 0.3) is 0 Å². The van der Waals surface area contributed by atoms with Gasteiger partial charge in [0.15, 0.2) is 0 Å². The Kier molecular flexibility index (Phi) is 5.65. The summed E-state index contributed by atoms with van der Waals surface area (Å²) < 4.78 is 4.58. The number of nitrogens with zero attached hydrogens (tertiary/aromatic N) is 1. The van der Waals surface area contributed by atoms with Crippen molar-refractivity contribution in [2.75, 3.05) is 20.2 Å². The van der Waals surface area contributed by atoms with E-state index >= 15 is 0 Å². The van der Waals surface area contributed by atoms with Gasteiger partial charge in [0.1, 0.15) is 6.54 Å². The van der Waals surface area contributed by atoms with Crippen LogP contribution in [0, 0.1) is 0 Å². The number of hydrogen-bond donors (Lipinski definition) is 0. The largest absolute Gasteiger partial charge is 0.468 e. The van der Waals surface area contributed by atoms with Crippen molar-refractivity contribution >= 4 is 23.5 Å². The number of methoxy groups -OCH3 is 1. The number of hydrogen-bond acceptors (Lipinski definition) is 3. The minimum absolute atomic E-state index is 0.0459. The highest BCUT2D eigenvalue weighted by Crippen LogP contribution is 2.13. The summed E-state index contributed by atoms with van der Waals surface area (Å²) >= 11 is 5.84. The van der Waals surface area contributed by atoms with Gasteiger partial charge < -0.3 is 9.64 Å². The Bertz CT molecular complexity index is 434. The van der Waals surface area contributed by atoms with Crippen LogP contribution in [0.15, 0.2) is 24.3 Å². The third-order valence-corrected chi connectivity index (χ3v) is 2.64. The second kappa shape index (κ2) is 7.01. The van der Waals surface area contributed by atoms with E-state index in [2.05, 4.69) is 4.74 Å². The number of halogens is 1. The molecule has 5 heteroatoms. The minimum Gasteiger partial charge on any atom is -0.468 e. The van der Waals surface area contributed by atoms with Gasteiger partial charge in [0, 0.05) is 17.1 Å². The topological polar surface area (TPSA) is 46.6 Å². The summed E-state index contributed by atoms with van der Waals surface area (Å²) in [6.07, 6.45) is 0.767. The molecule has 0 spiro atoms. The van der Waals surface area contributed by atoms with Gasteiger partial charge in [-0.3, -0.25) is 9.59 Å². The quantitative estimate of drug-likeness (QED) is 0.771. The highest BCUT2D eigenvalue weighted by atomic mass is 35.5. The number of rotatable bonds is 5. The van der Waals surface area contributed by atoms with Crippen LogP contribution < -0.4 is 0 Å². The molecular weight excluding hydrogens is 254 g/mol. The average Bonchev–Trinajstić information content (AvgIpc) is 2.37. The van der Waals surface area contributed by atoms with Gasteiger partial charge in [-0.2, -0.15) is 0 Å². The predicted molar refractivity (Wildman–Crippen MR) is 69.7 cm³/mol. The number of carbonyl (C=O) groups is 2. The number of ether oxygens (including phenoxy) is 1. The van der Waals surface area contributed by atoms with Crippen LogP contribution in [0.4, 0.5) is 0 Å². The van der Waals surface area contributed by atoms with E-state index in [1.807, 2.05) is 6.92 Å². The fourth-order valence-electron chi connectivity index (χ4n) is 1.55. The molecule has 1 rings (SSSR count). The second-order valence-electron chi connectivity index (χ2n) is 3.81. The van der Waals surface area contributed by atoms with E-state index in [9.17, 15) is 9.59 Å². The second-order valence-corrected chi connectivity index (χ2v) is 4.25. The third kappa shape index (κ3) is 4.04. The van der Waals surface area contributed by atoms with E-state index < -0.39 is 5.97 Å². The van der Waals surface area contributed by atoms with Crippen molar-refractivity contribution in [3.8, 4) is 0 Å². The highest BCUT2D eigenvalue weighted by molar-refractivity contribution is 6.30. The van der Waals surface area contributed by atoms with Crippen LogP contribution in [-0.4, -0.2) is 37.0 Å². The average molecular weight is 270 g/mol. The molecule has 0 aliphatic rings. The molecule has 0 N–H and O–H groups in total. The summed E-state index contributed by atoms with van der Waals surface area (Å²) in [6.45, 7) is 2.39. The van der Waals surface area contributed by atoms with Gasteiger partial charge in [-0.25, -0.2) is 0 Å². The molecule has 0 bridgehead atoms. The first-order valence-electron chi connectivity index (χ1n) is 5.70. The zero-order chi connectivity index (χ0) is 13.5. The van der Waals surface area contributed by atoms with Crippen LogP contribution in [0.1, 0.15) is 23.7 Å². The van der Waals surface area contributed by atoms with Crippen molar-refractivity contribution in [3.05, 3.63) is 34.9 Å². The molecule has 0 heterocycles. The summed E-state index contributed by atoms with van der Waals surface area (Å²) in [4.78, 5) is 24.9. The molecule has 0 unspecified atom stereocenters. The maximum Gasteiger partial charge on any atom is 0.325 e. The van der Waals surface area contributed by atoms with Crippen molar-refractivity contribution in [1.82, 2.24) is 4.90 Å². The lowest BCUT2D eigenvalue weighted by atomic mass is 10.2. The molecule has 18 heavy (non-hydrogen) atoms. The maximum absolute atomic E-state index is 12.2. The molecule has 0 aliphatic heterocycles. The lowest BCUT2D eigenvalue weighted by molar-refractivity contribution is -0.141. The number of amides is 1. The van der Waals surface area contributed by atoms with Crippen LogP contribution in [0.2, 0.25) is 5.02 Å². The van der Waals surface area contributed by atoms with E-state index in [0.29, 0.717) is 17.1 Å². The smallest absolute Gasteiger partial charge is 0.325 e. The number of benzene rings is 1. The van der Waals surface area contributed by atoms with E-state index in [4.69, 9.17) is 11.6 Å². The molecule has 98 valence electrons. The Morgan fingerprint density at radius 3 is 2.67 bits per heavy atom. The molecule has 0 fully saturated rings. The number of carbonyl (C=O) groups excluding carboxylic acids is 2. The zero-order valence-electron chi connectivity index (χ0n) is 10.5. The summed E-state index contributed by atoms with van der Waals surface area (Å²) in [5.74, 6) is -0.649. The zero-order valence-corrected chi connectivity index (χ0v) is 11.2. The van der Waals surface area contributed by atoms with E-state index in [0.717, 1.165) is 6.42 Å². The van der Waals surface area contributed by atoms with E-state index in [-0.39, 0.29) is 12.5 Å². The summed E-state index contributed by atoms with van der Waals surface area (Å²) in [5, 5.41) is 0.496. The minimum atomic E-state index is -0.432. The summed E-state index contributed by atoms with van der Waals surface area (Å²) in [5.41, 5.74) is 0.472. The Morgan fingerprint density at radius 2 is 2.11 bits per heavy atom. The molecule has 4 nitrogen and oxygen atoms in total. The predicted octanol–water partition coefficient (Wildman–Crippen LogP) is 2.37.